The smallest absolute Gasteiger partial charge is 0.424 e. The Morgan fingerprint density at radius 1 is 2.80 bits per heavy atom. The van der Waals surface area contributed by atoms with Crippen molar-refractivity contribution in [2.75, 3.05) is 0 Å². The van der Waals surface area contributed by atoms with E-state index in [2.05, 4.69) is 12.9 Å². The highest BCUT2D eigenvalue weighted by Gasteiger charge is 2.00. The molecule has 1 unspecified atom stereocenters. The van der Waals surface area contributed by atoms with Gasteiger partial charge in [0.1, 0.15) is 0 Å². The third kappa shape index (κ3) is 4.02. The Labute approximate surface area is 34.7 Å². The lowest BCUT2D eigenvalue weighted by atomic mass is 9.77. The molecule has 0 rings (SSSR count). The predicted octanol–water partition coefficient (Wildman–Crippen LogP) is -0.438. The second kappa shape index (κ2) is 2.27. The van der Waals surface area contributed by atoms with Crippen molar-refractivity contribution in [2.24, 2.45) is 0 Å². The number of halogens is 1. The highest BCUT2D eigenvalue weighted by molar-refractivity contribution is 6.52. The second-order valence-corrected chi connectivity index (χ2v) is 0.544. The van der Waals surface area contributed by atoms with Crippen molar-refractivity contribution in [1.82, 2.24) is 0 Å². The first-order chi connectivity index (χ1) is 3.18. The molecule has 0 aromatic carbocycles. The molecule has 0 aliphatic heterocycles. The van der Waals surface area contributed by atoms with Crippen LogP contribution in [0.15, 0.2) is 0 Å². The van der Waals surface area contributed by atoms with Crippen LogP contribution in [0.2, 0.25) is 6.20 Å². The summed E-state index contributed by atoms with van der Waals surface area (Å²) in [5, 5.41) is 3.28. The molecule has 0 aliphatic rings. The average molecular weight is 74.7 g/mol. The van der Waals surface area contributed by atoms with Gasteiger partial charge in [0.15, 0.2) is 1.43 Å². The summed E-state index contributed by atoms with van der Waals surface area (Å²) in [6.45, 7) is 0. The lowest BCUT2D eigenvalue weighted by Gasteiger charge is -1.77. The molecule has 0 saturated carbocycles. The largest absolute Gasteiger partial charge is 0.488 e. The van der Waals surface area contributed by atoms with E-state index < -0.39 is 13.4 Å². The summed E-state index contributed by atoms with van der Waals surface area (Å²) in [5.74, 6) is 0. The van der Waals surface area contributed by atoms with Crippen LogP contribution >= 0.6 is 0 Å². The van der Waals surface area contributed by atoms with E-state index in [1.807, 2.05) is 0 Å². The molecule has 0 aromatic heterocycles. The van der Waals surface area contributed by atoms with Gasteiger partial charge in [-0.05, 0) is 6.20 Å². The third-order valence-corrected chi connectivity index (χ3v) is 0.151. The van der Waals surface area contributed by atoms with Crippen LogP contribution in [0.1, 0.15) is 1.37 Å². The highest BCUT2D eigenvalue weighted by atomic mass is 19.1. The fourth-order valence-electron chi connectivity index (χ4n) is 0. The Bertz CT molecular complexity index is 53.0. The SMILES string of the molecule is [2H]OB(F)C([3H])[B]. The number of hydrogen-bond acceptors (Lipinski definition) is 1. The van der Waals surface area contributed by atoms with E-state index in [9.17, 15) is 4.32 Å². The zero-order valence-corrected chi connectivity index (χ0v) is 2.52. The minimum absolute atomic E-state index is 1.46. The summed E-state index contributed by atoms with van der Waals surface area (Å²) < 4.78 is 23.7. The number of hydrogen-bond donors (Lipinski definition) is 1. The van der Waals surface area contributed by atoms with Crippen molar-refractivity contribution in [1.29, 1.82) is 1.43 Å². The standard InChI is InChI=1S/CH3B2FO/c2-1-3(4)5/h5H,1H2/i1T,5D. The van der Waals surface area contributed by atoms with Crippen LogP contribution in [-0.2, 0) is 0 Å². The molecule has 1 nitrogen and oxygen atoms in total. The molecule has 4 heteroatoms. The average Bonchev–Trinajstić information content (AvgIpc) is 1.65. The Balaban J connectivity index is 3.14. The molecule has 0 bridgehead atoms. The minimum Gasteiger partial charge on any atom is -0.424 e. The van der Waals surface area contributed by atoms with Crippen molar-refractivity contribution in [2.45, 2.75) is 6.20 Å². The zero-order chi connectivity index (χ0) is 5.86. The van der Waals surface area contributed by atoms with Gasteiger partial charge in [-0.25, -0.2) is 0 Å². The van der Waals surface area contributed by atoms with Gasteiger partial charge in [0.25, 0.3) is 0 Å². The van der Waals surface area contributed by atoms with Gasteiger partial charge in [0.2, 0.25) is 0 Å². The summed E-state index contributed by atoms with van der Waals surface area (Å²) in [7, 11) is 2.61. The Kier molecular flexibility index (Phi) is 1.02. The molecule has 0 amide bonds. The molecule has 0 aromatic rings. The van der Waals surface area contributed by atoms with Gasteiger partial charge in [-0.1, -0.05) is 0 Å². The Hall–Kier alpha value is 0.0199. The molecule has 26 valence electrons. The highest BCUT2D eigenvalue weighted by Crippen LogP contribution is 1.77. The van der Waals surface area contributed by atoms with E-state index in [4.69, 9.17) is 2.80 Å². The summed E-state index contributed by atoms with van der Waals surface area (Å²) in [6, 6.07) is 0. The maximum Gasteiger partial charge on any atom is 0.488 e. The lowest BCUT2D eigenvalue weighted by molar-refractivity contribution is 0.503. The quantitative estimate of drug-likeness (QED) is 0.441. The summed E-state index contributed by atoms with van der Waals surface area (Å²) in [5.41, 5.74) is 0. The second-order valence-electron chi connectivity index (χ2n) is 0.544. The lowest BCUT2D eigenvalue weighted by Crippen LogP contribution is -2.00. The van der Waals surface area contributed by atoms with Gasteiger partial charge in [-0.15, -0.1) is 0 Å². The summed E-state index contributed by atoms with van der Waals surface area (Å²) in [4.78, 5) is 0. The Morgan fingerprint density at radius 3 is 3.40 bits per heavy atom. The van der Waals surface area contributed by atoms with Gasteiger partial charge in [-0.3, -0.25) is 4.32 Å². The van der Waals surface area contributed by atoms with Crippen LogP contribution < -0.4 is 0 Å². The van der Waals surface area contributed by atoms with Crippen molar-refractivity contribution < 1.29 is 10.7 Å². The monoisotopic (exact) mass is 75.0 g/mol. The van der Waals surface area contributed by atoms with Gasteiger partial charge < -0.3 is 5.03 Å². The summed E-state index contributed by atoms with van der Waals surface area (Å²) >= 11 is 0. The van der Waals surface area contributed by atoms with Crippen molar-refractivity contribution in [3.8, 4) is 0 Å². The first-order valence-corrected chi connectivity index (χ1v) is 1.12. The van der Waals surface area contributed by atoms with Crippen LogP contribution in [0.5, 0.6) is 0 Å². The van der Waals surface area contributed by atoms with E-state index in [0.29, 0.717) is 0 Å². The van der Waals surface area contributed by atoms with E-state index in [-0.39, 0.29) is 0 Å². The molecule has 5 heavy (non-hydrogen) atoms. The molecule has 0 saturated heterocycles. The summed E-state index contributed by atoms with van der Waals surface area (Å²) in [6.07, 6.45) is -1.46. The first kappa shape index (κ1) is 2.24. The molecule has 1 N–H and O–H groups in total. The van der Waals surface area contributed by atoms with E-state index in [1.54, 1.807) is 0 Å². The molecular weight excluding hydrogens is 68.6 g/mol. The van der Waals surface area contributed by atoms with Gasteiger partial charge in [0.05, 0.1) is 7.85 Å². The van der Waals surface area contributed by atoms with Crippen LogP contribution in [0.3, 0.4) is 0 Å². The number of rotatable bonds is 2. The first-order valence-electron chi connectivity index (χ1n) is 2.11. The Morgan fingerprint density at radius 2 is 3.40 bits per heavy atom. The molecule has 0 aliphatic carbocycles. The fraction of sp³-hybridized carbons (Fsp3) is 1.00. The molecule has 0 heterocycles. The van der Waals surface area contributed by atoms with Crippen molar-refractivity contribution >= 4 is 15.0 Å². The van der Waals surface area contributed by atoms with Crippen LogP contribution in [0.25, 0.3) is 0 Å². The van der Waals surface area contributed by atoms with Gasteiger partial charge in [0, 0.05) is 1.37 Å². The molecule has 0 fully saturated rings. The maximum atomic E-state index is 11.5. The zero-order valence-electron chi connectivity index (χ0n) is 4.52. The van der Waals surface area contributed by atoms with Crippen molar-refractivity contribution in [3.05, 3.63) is 0 Å². The van der Waals surface area contributed by atoms with Crippen LogP contribution in [0.4, 0.5) is 4.32 Å². The van der Waals surface area contributed by atoms with Gasteiger partial charge >= 0.3 is 7.19 Å². The molecule has 2 radical (unpaired) electrons. The van der Waals surface area contributed by atoms with E-state index in [0.717, 1.165) is 0 Å². The van der Waals surface area contributed by atoms with E-state index in [1.165, 1.54) is 0 Å². The topological polar surface area (TPSA) is 20.2 Å². The maximum absolute atomic E-state index is 11.5. The molecule has 1 atom stereocenters. The normalized spacial score (nSPS) is 19.4. The van der Waals surface area contributed by atoms with Crippen molar-refractivity contribution in [3.63, 3.8) is 0 Å². The van der Waals surface area contributed by atoms with E-state index >= 15 is 0 Å². The fourth-order valence-corrected chi connectivity index (χ4v) is 0. The molecular formula is CH3B2FO. The van der Waals surface area contributed by atoms with Crippen LogP contribution in [0, 0.1) is 0 Å². The molecule has 0 spiro atoms. The van der Waals surface area contributed by atoms with Crippen LogP contribution in [-0.4, -0.2) is 21.5 Å². The van der Waals surface area contributed by atoms with Gasteiger partial charge in [-0.2, -0.15) is 0 Å². The predicted molar refractivity (Wildman–Crippen MR) is 19.6 cm³/mol. The third-order valence-electron chi connectivity index (χ3n) is 0.151. The minimum atomic E-state index is -1.99.